The molecule has 0 radical (unpaired) electrons. The van der Waals surface area contributed by atoms with Gasteiger partial charge in [-0.3, -0.25) is 4.79 Å². The lowest BCUT2D eigenvalue weighted by Crippen LogP contribution is -2.63. The second kappa shape index (κ2) is 11.0. The van der Waals surface area contributed by atoms with E-state index in [1.807, 2.05) is 42.5 Å². The van der Waals surface area contributed by atoms with Crippen molar-refractivity contribution in [1.29, 1.82) is 0 Å². The Morgan fingerprint density at radius 3 is 2.40 bits per heavy atom. The number of fused-ring (bicyclic) bond motifs is 1. The quantitative estimate of drug-likeness (QED) is 0.259. The molecule has 1 fully saturated rings. The number of carbonyl (C=O) groups excluding carboxylic acids is 1. The van der Waals surface area contributed by atoms with E-state index in [-0.39, 0.29) is 17.8 Å². The van der Waals surface area contributed by atoms with Gasteiger partial charge in [0, 0.05) is 35.6 Å². The first kappa shape index (κ1) is 27.7. The number of benzene rings is 3. The van der Waals surface area contributed by atoms with Gasteiger partial charge in [-0.1, -0.05) is 54.6 Å². The summed E-state index contributed by atoms with van der Waals surface area (Å²) >= 11 is 0. The Balaban J connectivity index is 1.41. The minimum absolute atomic E-state index is 0.116. The average molecular weight is 545 g/mol. The number of ketones is 1. The zero-order chi connectivity index (χ0) is 28.6. The first-order valence-electron chi connectivity index (χ1n) is 13.1. The Kier molecular flexibility index (Phi) is 7.61. The molecule has 8 nitrogen and oxygen atoms in total. The predicted octanol–water partition coefficient (Wildman–Crippen LogP) is 4.44. The van der Waals surface area contributed by atoms with Crippen LogP contribution in [0.25, 0.3) is 22.1 Å². The summed E-state index contributed by atoms with van der Waals surface area (Å²) in [6, 6.07) is 22.0. The summed E-state index contributed by atoms with van der Waals surface area (Å²) in [5, 5.41) is 21.8. The molecule has 0 spiro atoms. The summed E-state index contributed by atoms with van der Waals surface area (Å²) in [6.45, 7) is 5.19. The molecule has 1 aromatic heterocycles. The van der Waals surface area contributed by atoms with Crippen LogP contribution in [0.3, 0.4) is 0 Å². The maximum atomic E-state index is 13.3. The number of rotatable bonds is 7. The smallest absolute Gasteiger partial charge is 0.339 e. The first-order valence-corrected chi connectivity index (χ1v) is 13.1. The van der Waals surface area contributed by atoms with Crippen LogP contribution < -0.4 is 10.4 Å². The third-order valence-corrected chi connectivity index (χ3v) is 7.38. The van der Waals surface area contributed by atoms with Gasteiger partial charge in [0.1, 0.15) is 29.6 Å². The average Bonchev–Trinajstić information content (AvgIpc) is 2.94. The largest absolute Gasteiger partial charge is 0.462 e. The molecule has 0 unspecified atom stereocenters. The summed E-state index contributed by atoms with van der Waals surface area (Å²) in [6.07, 6.45) is -4.65. The highest BCUT2D eigenvalue weighted by Crippen LogP contribution is 2.35. The van der Waals surface area contributed by atoms with Crippen molar-refractivity contribution >= 4 is 16.8 Å². The van der Waals surface area contributed by atoms with Crippen molar-refractivity contribution < 1.29 is 33.6 Å². The number of aliphatic hydroxyl groups excluding tert-OH is 2. The van der Waals surface area contributed by atoms with Crippen LogP contribution in [-0.2, 0) is 15.9 Å². The van der Waals surface area contributed by atoms with E-state index in [0.29, 0.717) is 27.8 Å². The maximum absolute atomic E-state index is 13.3. The van der Waals surface area contributed by atoms with E-state index in [1.54, 1.807) is 51.1 Å². The van der Waals surface area contributed by atoms with Crippen LogP contribution >= 0.6 is 0 Å². The molecule has 5 rings (SSSR count). The van der Waals surface area contributed by atoms with Crippen LogP contribution in [0.1, 0.15) is 35.3 Å². The van der Waals surface area contributed by atoms with Crippen molar-refractivity contribution in [3.05, 3.63) is 99.9 Å². The van der Waals surface area contributed by atoms with Gasteiger partial charge in [-0.05, 0) is 50.1 Å². The molecule has 2 N–H and O–H groups in total. The molecule has 208 valence electrons. The van der Waals surface area contributed by atoms with E-state index in [2.05, 4.69) is 0 Å². The lowest BCUT2D eigenvalue weighted by atomic mass is 9.89. The van der Waals surface area contributed by atoms with Crippen molar-refractivity contribution in [3.8, 4) is 16.9 Å². The second-order valence-electron chi connectivity index (χ2n) is 10.5. The van der Waals surface area contributed by atoms with Crippen LogP contribution in [0.4, 0.5) is 0 Å². The Morgan fingerprint density at radius 2 is 1.68 bits per heavy atom. The number of carbonyl (C=O) groups is 1. The van der Waals surface area contributed by atoms with Gasteiger partial charge >= 0.3 is 5.63 Å². The molecule has 0 bridgehead atoms. The standard InChI is InChI=1S/C32H32O8/c1-18-25(38-31-27(35)26(34)29(37-4)32(2,3)40-31)15-14-20-16-21(30(36)39-28(18)20)17-24(33)23-13-9-8-12-22(23)19-10-6-5-7-11-19/h5-16,26-27,29,31,34-35H,17H2,1-4H3/t26-,27+,29+,31+/m0/s1. The molecule has 0 amide bonds. The highest BCUT2D eigenvalue weighted by molar-refractivity contribution is 6.03. The van der Waals surface area contributed by atoms with E-state index in [9.17, 15) is 19.8 Å². The number of aryl methyl sites for hydroxylation is 1. The molecule has 2 heterocycles. The third kappa shape index (κ3) is 5.19. The fourth-order valence-electron chi connectivity index (χ4n) is 5.29. The van der Waals surface area contributed by atoms with Crippen LogP contribution in [0.15, 0.2) is 82.0 Å². The van der Waals surface area contributed by atoms with E-state index in [0.717, 1.165) is 11.1 Å². The number of aliphatic hydroxyl groups is 2. The number of Topliss-reactive ketones (excluding diaryl/α,β-unsaturated/α-hetero) is 1. The van der Waals surface area contributed by atoms with Gasteiger partial charge in [-0.15, -0.1) is 0 Å². The third-order valence-electron chi connectivity index (χ3n) is 7.38. The number of hydrogen-bond donors (Lipinski definition) is 2. The second-order valence-corrected chi connectivity index (χ2v) is 10.5. The van der Waals surface area contributed by atoms with E-state index in [1.165, 1.54) is 7.11 Å². The summed E-state index contributed by atoms with van der Waals surface area (Å²) in [7, 11) is 1.44. The molecule has 4 atom stereocenters. The molecule has 40 heavy (non-hydrogen) atoms. The van der Waals surface area contributed by atoms with Crippen LogP contribution in [0, 0.1) is 6.92 Å². The molecule has 8 heteroatoms. The molecule has 1 saturated heterocycles. The molecule has 4 aromatic rings. The van der Waals surface area contributed by atoms with Crippen molar-refractivity contribution in [1.82, 2.24) is 0 Å². The lowest BCUT2D eigenvalue weighted by Gasteiger charge is -2.46. The monoisotopic (exact) mass is 544 g/mol. The zero-order valence-electron chi connectivity index (χ0n) is 22.8. The van der Waals surface area contributed by atoms with Crippen molar-refractivity contribution in [3.63, 3.8) is 0 Å². The van der Waals surface area contributed by atoms with Gasteiger partial charge in [-0.2, -0.15) is 0 Å². The normalized spacial score (nSPS) is 22.2. The van der Waals surface area contributed by atoms with E-state index in [4.69, 9.17) is 18.6 Å². The fraction of sp³-hybridized carbons (Fsp3) is 0.312. The van der Waals surface area contributed by atoms with Gasteiger partial charge in [-0.25, -0.2) is 4.79 Å². The van der Waals surface area contributed by atoms with Gasteiger partial charge in [0.05, 0.1) is 5.60 Å². The van der Waals surface area contributed by atoms with E-state index < -0.39 is 35.8 Å². The molecular formula is C32H32O8. The van der Waals surface area contributed by atoms with Crippen molar-refractivity contribution in [2.45, 2.75) is 57.4 Å². The molecule has 0 saturated carbocycles. The van der Waals surface area contributed by atoms with Gasteiger partial charge in [0.25, 0.3) is 0 Å². The molecule has 0 aliphatic carbocycles. The Morgan fingerprint density at radius 1 is 0.975 bits per heavy atom. The fourth-order valence-corrected chi connectivity index (χ4v) is 5.29. The lowest BCUT2D eigenvalue weighted by molar-refractivity contribution is -0.306. The first-order chi connectivity index (χ1) is 19.1. The highest BCUT2D eigenvalue weighted by atomic mass is 16.7. The van der Waals surface area contributed by atoms with Gasteiger partial charge < -0.3 is 28.8 Å². The zero-order valence-corrected chi connectivity index (χ0v) is 22.8. The Hall–Kier alpha value is -3.82. The Labute approximate surface area is 231 Å². The minimum Gasteiger partial charge on any atom is -0.462 e. The Bertz CT molecular complexity index is 1590. The van der Waals surface area contributed by atoms with Crippen LogP contribution in [0.2, 0.25) is 0 Å². The topological polar surface area (TPSA) is 115 Å². The van der Waals surface area contributed by atoms with Crippen molar-refractivity contribution in [2.24, 2.45) is 0 Å². The van der Waals surface area contributed by atoms with Crippen LogP contribution in [-0.4, -0.2) is 53.3 Å². The molecule has 3 aromatic carbocycles. The van der Waals surface area contributed by atoms with Crippen LogP contribution in [0.5, 0.6) is 5.75 Å². The summed E-state index contributed by atoms with van der Waals surface area (Å²) in [5.74, 6) is 0.126. The van der Waals surface area contributed by atoms with Gasteiger partial charge in [0.15, 0.2) is 5.78 Å². The highest BCUT2D eigenvalue weighted by Gasteiger charge is 2.50. The number of methoxy groups -OCH3 is 1. The maximum Gasteiger partial charge on any atom is 0.339 e. The summed E-state index contributed by atoms with van der Waals surface area (Å²) in [4.78, 5) is 26.3. The SMILES string of the molecule is CO[C@@H]1[C@@H](O)[C@@H](O)[C@H](Oc2ccc3cc(CC(=O)c4ccccc4-c4ccccc4)c(=O)oc3c2C)OC1(C)C. The predicted molar refractivity (Wildman–Crippen MR) is 150 cm³/mol. The number of ether oxygens (including phenoxy) is 3. The summed E-state index contributed by atoms with van der Waals surface area (Å²) in [5.41, 5.74) is 1.74. The van der Waals surface area contributed by atoms with Gasteiger partial charge in [0.2, 0.25) is 6.29 Å². The molecular weight excluding hydrogens is 512 g/mol. The molecule has 1 aliphatic rings. The van der Waals surface area contributed by atoms with Crippen molar-refractivity contribution in [2.75, 3.05) is 7.11 Å². The number of hydrogen-bond acceptors (Lipinski definition) is 8. The van der Waals surface area contributed by atoms with E-state index >= 15 is 0 Å². The minimum atomic E-state index is -1.37. The molecule has 1 aliphatic heterocycles. The summed E-state index contributed by atoms with van der Waals surface area (Å²) < 4.78 is 22.8.